The van der Waals surface area contributed by atoms with Crippen LogP contribution in [0.4, 0.5) is 10.5 Å². The van der Waals surface area contributed by atoms with Gasteiger partial charge in [-0.3, -0.25) is 0 Å². The van der Waals surface area contributed by atoms with Gasteiger partial charge in [-0.05, 0) is 25.1 Å². The predicted octanol–water partition coefficient (Wildman–Crippen LogP) is 3.12. The third-order valence-corrected chi connectivity index (χ3v) is 3.78. The third-order valence-electron chi connectivity index (χ3n) is 2.56. The standard InChI is InChI=1S/C13H12ClN3O3S/c1-7-15-5-9(21-7)6-16-13(20)17-11-3-2-8(12(18)19)4-10(11)14/h2-5H,6H2,1H3,(H,18,19)(H2,16,17,20). The number of carbonyl (C=O) groups excluding carboxylic acids is 1. The van der Waals surface area contributed by atoms with Crippen molar-refractivity contribution in [2.24, 2.45) is 0 Å². The van der Waals surface area contributed by atoms with Crippen LogP contribution in [0.3, 0.4) is 0 Å². The largest absolute Gasteiger partial charge is 0.478 e. The van der Waals surface area contributed by atoms with E-state index in [4.69, 9.17) is 16.7 Å². The van der Waals surface area contributed by atoms with Gasteiger partial charge in [0.2, 0.25) is 0 Å². The molecule has 0 fully saturated rings. The first-order valence-electron chi connectivity index (χ1n) is 5.94. The van der Waals surface area contributed by atoms with Gasteiger partial charge in [-0.2, -0.15) is 0 Å². The summed E-state index contributed by atoms with van der Waals surface area (Å²) >= 11 is 7.42. The van der Waals surface area contributed by atoms with Crippen molar-refractivity contribution >= 4 is 40.6 Å². The van der Waals surface area contributed by atoms with Crippen LogP contribution in [0.25, 0.3) is 0 Å². The number of nitrogens with zero attached hydrogens (tertiary/aromatic N) is 1. The van der Waals surface area contributed by atoms with Gasteiger partial charge in [0.1, 0.15) is 0 Å². The highest BCUT2D eigenvalue weighted by Gasteiger charge is 2.09. The minimum absolute atomic E-state index is 0.0612. The predicted molar refractivity (Wildman–Crippen MR) is 81.1 cm³/mol. The molecule has 1 heterocycles. The number of urea groups is 1. The smallest absolute Gasteiger partial charge is 0.335 e. The molecule has 21 heavy (non-hydrogen) atoms. The minimum atomic E-state index is -1.08. The van der Waals surface area contributed by atoms with Gasteiger partial charge < -0.3 is 15.7 Å². The van der Waals surface area contributed by atoms with Crippen molar-refractivity contribution in [3.63, 3.8) is 0 Å². The lowest BCUT2D eigenvalue weighted by atomic mass is 10.2. The Bertz CT molecular complexity index is 687. The Morgan fingerprint density at radius 1 is 1.43 bits per heavy atom. The number of rotatable bonds is 4. The molecule has 0 aliphatic heterocycles. The number of benzene rings is 1. The summed E-state index contributed by atoms with van der Waals surface area (Å²) in [6.45, 7) is 2.25. The van der Waals surface area contributed by atoms with Gasteiger partial charge in [-0.25, -0.2) is 14.6 Å². The third kappa shape index (κ3) is 4.17. The number of thiazole rings is 1. The Kier molecular flexibility index (Phi) is 4.77. The van der Waals surface area contributed by atoms with E-state index in [0.29, 0.717) is 12.2 Å². The number of carboxylic acid groups (broad SMARTS) is 1. The van der Waals surface area contributed by atoms with E-state index < -0.39 is 12.0 Å². The number of halogens is 1. The molecule has 1 aromatic carbocycles. The lowest BCUT2D eigenvalue weighted by Gasteiger charge is -2.08. The number of hydrogen-bond donors (Lipinski definition) is 3. The molecule has 2 rings (SSSR count). The molecule has 1 aromatic heterocycles. The molecule has 0 saturated carbocycles. The van der Waals surface area contributed by atoms with Gasteiger partial charge in [0, 0.05) is 11.1 Å². The molecule has 0 unspecified atom stereocenters. The number of aryl methyl sites for hydroxylation is 1. The molecule has 0 aliphatic carbocycles. The maximum Gasteiger partial charge on any atom is 0.335 e. The van der Waals surface area contributed by atoms with E-state index in [1.54, 1.807) is 6.20 Å². The molecule has 0 saturated heterocycles. The Hall–Kier alpha value is -2.12. The zero-order valence-corrected chi connectivity index (χ0v) is 12.6. The fourth-order valence-electron chi connectivity index (χ4n) is 1.57. The summed E-state index contributed by atoms with van der Waals surface area (Å²) < 4.78 is 0. The molecule has 0 atom stereocenters. The van der Waals surface area contributed by atoms with Crippen molar-refractivity contribution in [2.75, 3.05) is 5.32 Å². The summed E-state index contributed by atoms with van der Waals surface area (Å²) in [6, 6.07) is 3.68. The van der Waals surface area contributed by atoms with Gasteiger partial charge in [-0.15, -0.1) is 11.3 Å². The number of amides is 2. The van der Waals surface area contributed by atoms with E-state index in [2.05, 4.69) is 15.6 Å². The van der Waals surface area contributed by atoms with E-state index >= 15 is 0 Å². The molecule has 110 valence electrons. The average Bonchev–Trinajstić information content (AvgIpc) is 2.84. The van der Waals surface area contributed by atoms with Crippen LogP contribution in [-0.2, 0) is 6.54 Å². The summed E-state index contributed by atoms with van der Waals surface area (Å²) in [4.78, 5) is 27.6. The minimum Gasteiger partial charge on any atom is -0.478 e. The summed E-state index contributed by atoms with van der Waals surface area (Å²) in [5, 5.41) is 15.2. The van der Waals surface area contributed by atoms with Gasteiger partial charge in [-0.1, -0.05) is 11.6 Å². The van der Waals surface area contributed by atoms with Crippen LogP contribution in [0.2, 0.25) is 5.02 Å². The molecule has 3 N–H and O–H groups in total. The van der Waals surface area contributed by atoms with Crippen molar-refractivity contribution in [3.8, 4) is 0 Å². The molecular weight excluding hydrogens is 314 g/mol. The fourth-order valence-corrected chi connectivity index (χ4v) is 2.53. The van der Waals surface area contributed by atoms with Gasteiger partial charge >= 0.3 is 12.0 Å². The monoisotopic (exact) mass is 325 g/mol. The quantitative estimate of drug-likeness (QED) is 0.805. The van der Waals surface area contributed by atoms with Crippen molar-refractivity contribution < 1.29 is 14.7 Å². The van der Waals surface area contributed by atoms with E-state index in [9.17, 15) is 9.59 Å². The van der Waals surface area contributed by atoms with Crippen molar-refractivity contribution in [1.82, 2.24) is 10.3 Å². The Labute approximate surface area is 129 Å². The zero-order chi connectivity index (χ0) is 15.4. The number of aromatic nitrogens is 1. The van der Waals surface area contributed by atoms with E-state index in [1.807, 2.05) is 6.92 Å². The van der Waals surface area contributed by atoms with Crippen LogP contribution in [-0.4, -0.2) is 22.1 Å². The van der Waals surface area contributed by atoms with Crippen molar-refractivity contribution in [1.29, 1.82) is 0 Å². The first-order valence-corrected chi connectivity index (χ1v) is 7.14. The highest BCUT2D eigenvalue weighted by molar-refractivity contribution is 7.11. The molecule has 0 radical (unpaired) electrons. The van der Waals surface area contributed by atoms with Crippen molar-refractivity contribution in [3.05, 3.63) is 44.9 Å². The van der Waals surface area contributed by atoms with Crippen molar-refractivity contribution in [2.45, 2.75) is 13.5 Å². The maximum absolute atomic E-state index is 11.8. The second-order valence-electron chi connectivity index (χ2n) is 4.15. The molecule has 2 amide bonds. The second-order valence-corrected chi connectivity index (χ2v) is 5.88. The molecule has 6 nitrogen and oxygen atoms in total. The molecular formula is C13H12ClN3O3S. The SMILES string of the molecule is Cc1ncc(CNC(=O)Nc2ccc(C(=O)O)cc2Cl)s1. The van der Waals surface area contributed by atoms with Crippen LogP contribution < -0.4 is 10.6 Å². The zero-order valence-electron chi connectivity index (χ0n) is 11.0. The molecule has 0 bridgehead atoms. The lowest BCUT2D eigenvalue weighted by molar-refractivity contribution is 0.0697. The number of hydrogen-bond acceptors (Lipinski definition) is 4. The number of nitrogens with one attached hydrogen (secondary N) is 2. The summed E-state index contributed by atoms with van der Waals surface area (Å²) in [5.41, 5.74) is 0.408. The van der Waals surface area contributed by atoms with Crippen LogP contribution in [0.1, 0.15) is 20.2 Å². The fraction of sp³-hybridized carbons (Fsp3) is 0.154. The second kappa shape index (κ2) is 6.55. The Balaban J connectivity index is 1.94. The number of carboxylic acids is 1. The Morgan fingerprint density at radius 2 is 2.19 bits per heavy atom. The Morgan fingerprint density at radius 3 is 2.76 bits per heavy atom. The molecule has 2 aromatic rings. The topological polar surface area (TPSA) is 91.3 Å². The van der Waals surface area contributed by atoms with Gasteiger partial charge in [0.25, 0.3) is 0 Å². The van der Waals surface area contributed by atoms with Crippen LogP contribution in [0.5, 0.6) is 0 Å². The summed E-state index contributed by atoms with van der Waals surface area (Å²) in [5.74, 6) is -1.08. The van der Waals surface area contributed by atoms with Crippen LogP contribution >= 0.6 is 22.9 Å². The highest BCUT2D eigenvalue weighted by atomic mass is 35.5. The van der Waals surface area contributed by atoms with Crippen LogP contribution in [0.15, 0.2) is 24.4 Å². The first kappa shape index (κ1) is 15.3. The molecule has 8 heteroatoms. The van der Waals surface area contributed by atoms with Gasteiger partial charge in [0.05, 0.1) is 27.8 Å². The molecule has 0 spiro atoms. The number of aromatic carboxylic acids is 1. The van der Waals surface area contributed by atoms with Gasteiger partial charge in [0.15, 0.2) is 0 Å². The lowest BCUT2D eigenvalue weighted by Crippen LogP contribution is -2.28. The van der Waals surface area contributed by atoms with Crippen LogP contribution in [0, 0.1) is 6.92 Å². The number of anilines is 1. The van der Waals surface area contributed by atoms with E-state index in [0.717, 1.165) is 9.88 Å². The number of carbonyl (C=O) groups is 2. The molecule has 0 aliphatic rings. The van der Waals surface area contributed by atoms with E-state index in [-0.39, 0.29) is 10.6 Å². The normalized spacial score (nSPS) is 10.2. The highest BCUT2D eigenvalue weighted by Crippen LogP contribution is 2.23. The van der Waals surface area contributed by atoms with E-state index in [1.165, 1.54) is 29.5 Å². The average molecular weight is 326 g/mol. The first-order chi connectivity index (χ1) is 9.95. The maximum atomic E-state index is 11.8. The summed E-state index contributed by atoms with van der Waals surface area (Å²) in [6.07, 6.45) is 1.70. The summed E-state index contributed by atoms with van der Waals surface area (Å²) in [7, 11) is 0.